The lowest BCUT2D eigenvalue weighted by Gasteiger charge is -2.30. The van der Waals surface area contributed by atoms with Crippen molar-refractivity contribution in [1.29, 1.82) is 0 Å². The lowest BCUT2D eigenvalue weighted by molar-refractivity contribution is 0.302. The summed E-state index contributed by atoms with van der Waals surface area (Å²) in [5.74, 6) is 2.09. The fourth-order valence-corrected chi connectivity index (χ4v) is 5.69. The van der Waals surface area contributed by atoms with Crippen LogP contribution < -0.4 is 16.2 Å². The summed E-state index contributed by atoms with van der Waals surface area (Å²) in [6.45, 7) is 2.37. The van der Waals surface area contributed by atoms with Gasteiger partial charge in [0.05, 0.1) is 6.10 Å². The van der Waals surface area contributed by atoms with Gasteiger partial charge >= 0.3 is 0 Å². The molecule has 0 bridgehead atoms. The lowest BCUT2D eigenvalue weighted by Crippen LogP contribution is -2.31. The number of nitrogens with zero attached hydrogens (tertiary/aromatic N) is 1. The maximum atomic E-state index is 6.80. The van der Waals surface area contributed by atoms with E-state index >= 15 is 0 Å². The summed E-state index contributed by atoms with van der Waals surface area (Å²) in [5.41, 5.74) is 16.9. The number of halogens is 1. The van der Waals surface area contributed by atoms with Gasteiger partial charge in [0.15, 0.2) is 0 Å². The second kappa shape index (κ2) is 11.0. The zero-order chi connectivity index (χ0) is 24.3. The molecule has 2 fully saturated rings. The quantitative estimate of drug-likeness (QED) is 0.257. The summed E-state index contributed by atoms with van der Waals surface area (Å²) in [6, 6.07) is 14.8. The van der Waals surface area contributed by atoms with Gasteiger partial charge in [0.1, 0.15) is 5.75 Å². The molecule has 3 aliphatic rings. The second-order valence-corrected chi connectivity index (χ2v) is 11.6. The molecule has 0 saturated heterocycles. The van der Waals surface area contributed by atoms with Crippen LogP contribution in [0.5, 0.6) is 5.75 Å². The Hall–Kier alpha value is -1.92. The number of benzene rings is 2. The highest BCUT2D eigenvalue weighted by Crippen LogP contribution is 2.48. The summed E-state index contributed by atoms with van der Waals surface area (Å²) in [6.07, 6.45) is 12.8. The van der Waals surface area contributed by atoms with Crippen molar-refractivity contribution in [3.63, 3.8) is 0 Å². The lowest BCUT2D eigenvalue weighted by atomic mass is 9.89. The van der Waals surface area contributed by atoms with Crippen molar-refractivity contribution in [2.24, 2.45) is 11.5 Å². The Balaban J connectivity index is 1.32. The van der Waals surface area contributed by atoms with Crippen LogP contribution in [0.15, 0.2) is 65.2 Å². The standard InChI is InChI=1S/C29H36ClN3OS/c30-27-11-10-23(35-17-5-1-4-15-31)18-21(27)19-33-16-12-24(26(20-33)29(32)13-14-29)25-6-2-3-7-28(25)34-22-8-9-22/h2-3,6-7,10-12,18,20,22H,1,4-5,8-9,13-17,19,31-32H2. The number of hydrogen-bond acceptors (Lipinski definition) is 5. The molecule has 0 aromatic heterocycles. The fourth-order valence-electron chi connectivity index (χ4n) is 4.54. The average molecular weight is 510 g/mol. The summed E-state index contributed by atoms with van der Waals surface area (Å²) in [7, 11) is 0. The van der Waals surface area contributed by atoms with E-state index in [1.807, 2.05) is 17.8 Å². The third-order valence-electron chi connectivity index (χ3n) is 6.96. The predicted octanol–water partition coefficient (Wildman–Crippen LogP) is 6.38. The molecule has 0 radical (unpaired) electrons. The Kier molecular flexibility index (Phi) is 7.78. The Morgan fingerprint density at radius 3 is 2.69 bits per heavy atom. The van der Waals surface area contributed by atoms with Crippen molar-refractivity contribution in [2.75, 3.05) is 18.8 Å². The zero-order valence-corrected chi connectivity index (χ0v) is 21.9. The molecular formula is C29H36ClN3OS. The highest BCUT2D eigenvalue weighted by Gasteiger charge is 2.45. The van der Waals surface area contributed by atoms with Crippen LogP contribution in [0.1, 0.15) is 56.1 Å². The first kappa shape index (κ1) is 24.8. The molecule has 4 nitrogen and oxygen atoms in total. The van der Waals surface area contributed by atoms with Gasteiger partial charge in [-0.25, -0.2) is 0 Å². The molecule has 2 aliphatic carbocycles. The van der Waals surface area contributed by atoms with E-state index in [-0.39, 0.29) is 5.54 Å². The van der Waals surface area contributed by atoms with Crippen molar-refractivity contribution in [3.05, 3.63) is 76.5 Å². The maximum Gasteiger partial charge on any atom is 0.127 e. The Morgan fingerprint density at radius 1 is 1.09 bits per heavy atom. The molecular weight excluding hydrogens is 474 g/mol. The Labute approximate surface area is 218 Å². The molecule has 2 aromatic rings. The smallest absolute Gasteiger partial charge is 0.127 e. The minimum absolute atomic E-state index is 0.248. The fraction of sp³-hybridized carbons (Fsp3) is 0.448. The third kappa shape index (κ3) is 6.26. The van der Waals surface area contributed by atoms with E-state index < -0.39 is 0 Å². The number of nitrogens with two attached hydrogens (primary N) is 2. The number of rotatable bonds is 12. The molecule has 6 heteroatoms. The highest BCUT2D eigenvalue weighted by molar-refractivity contribution is 7.99. The first-order valence-corrected chi connectivity index (χ1v) is 14.3. The van der Waals surface area contributed by atoms with Gasteiger partial charge in [-0.1, -0.05) is 42.3 Å². The summed E-state index contributed by atoms with van der Waals surface area (Å²) in [4.78, 5) is 3.62. The number of para-hydroxylation sites is 1. The van der Waals surface area contributed by atoms with Gasteiger partial charge in [0, 0.05) is 40.3 Å². The molecule has 0 spiro atoms. The minimum Gasteiger partial charge on any atom is -0.490 e. The van der Waals surface area contributed by atoms with E-state index in [0.717, 1.165) is 79.4 Å². The summed E-state index contributed by atoms with van der Waals surface area (Å²) in [5, 5.41) is 0.819. The van der Waals surface area contributed by atoms with Crippen molar-refractivity contribution >= 4 is 28.9 Å². The highest BCUT2D eigenvalue weighted by atomic mass is 35.5. The molecule has 0 atom stereocenters. The Morgan fingerprint density at radius 2 is 1.91 bits per heavy atom. The number of hydrogen-bond donors (Lipinski definition) is 2. The van der Waals surface area contributed by atoms with Crippen molar-refractivity contribution in [1.82, 2.24) is 4.90 Å². The van der Waals surface area contributed by atoms with E-state index in [0.29, 0.717) is 6.10 Å². The van der Waals surface area contributed by atoms with Gasteiger partial charge in [-0.15, -0.1) is 11.8 Å². The topological polar surface area (TPSA) is 64.5 Å². The molecule has 4 N–H and O–H groups in total. The third-order valence-corrected chi connectivity index (χ3v) is 8.41. The van der Waals surface area contributed by atoms with Crippen LogP contribution >= 0.6 is 23.4 Å². The van der Waals surface area contributed by atoms with Crippen LogP contribution in [-0.4, -0.2) is 35.4 Å². The van der Waals surface area contributed by atoms with Crippen LogP contribution in [0.3, 0.4) is 0 Å². The molecule has 35 heavy (non-hydrogen) atoms. The Bertz CT molecular complexity index is 1110. The van der Waals surface area contributed by atoms with E-state index in [4.69, 9.17) is 27.8 Å². The van der Waals surface area contributed by atoms with Crippen LogP contribution in [0.25, 0.3) is 5.57 Å². The van der Waals surface area contributed by atoms with Crippen molar-refractivity contribution < 1.29 is 4.74 Å². The molecule has 1 heterocycles. The maximum absolute atomic E-state index is 6.80. The minimum atomic E-state index is -0.248. The van der Waals surface area contributed by atoms with Crippen LogP contribution in [-0.2, 0) is 6.54 Å². The van der Waals surface area contributed by atoms with Gasteiger partial charge in [0.25, 0.3) is 0 Å². The number of unbranched alkanes of at least 4 members (excludes halogenated alkanes) is 2. The SMILES string of the molecule is NCCCCCSc1ccc(Cl)c(CN2C=C(C3(N)CC3)C(c3ccccc3OC3CC3)=CC2)c1. The van der Waals surface area contributed by atoms with E-state index in [1.54, 1.807) is 0 Å². The van der Waals surface area contributed by atoms with Crippen LogP contribution in [0, 0.1) is 0 Å². The predicted molar refractivity (Wildman–Crippen MR) is 148 cm³/mol. The first-order chi connectivity index (χ1) is 17.1. The molecule has 0 unspecified atom stereocenters. The van der Waals surface area contributed by atoms with Crippen molar-refractivity contribution in [3.8, 4) is 5.75 Å². The molecule has 5 rings (SSSR count). The van der Waals surface area contributed by atoms with Gasteiger partial charge in [-0.3, -0.25) is 0 Å². The zero-order valence-electron chi connectivity index (χ0n) is 20.3. The molecule has 186 valence electrons. The summed E-state index contributed by atoms with van der Waals surface area (Å²) >= 11 is 8.53. The molecule has 1 aliphatic heterocycles. The van der Waals surface area contributed by atoms with Gasteiger partial charge in [0.2, 0.25) is 0 Å². The molecule has 2 aromatic carbocycles. The number of thioether (sulfide) groups is 1. The first-order valence-electron chi connectivity index (χ1n) is 12.9. The van der Waals surface area contributed by atoms with Crippen LogP contribution in [0.4, 0.5) is 0 Å². The van der Waals surface area contributed by atoms with E-state index in [1.165, 1.54) is 28.9 Å². The summed E-state index contributed by atoms with van der Waals surface area (Å²) < 4.78 is 6.25. The largest absolute Gasteiger partial charge is 0.490 e. The molecule has 2 saturated carbocycles. The van der Waals surface area contributed by atoms with Gasteiger partial charge in [-0.2, -0.15) is 0 Å². The second-order valence-electron chi connectivity index (χ2n) is 10.0. The number of ether oxygens (including phenoxy) is 1. The monoisotopic (exact) mass is 509 g/mol. The van der Waals surface area contributed by atoms with Gasteiger partial charge < -0.3 is 21.1 Å². The van der Waals surface area contributed by atoms with E-state index in [9.17, 15) is 0 Å². The van der Waals surface area contributed by atoms with Crippen molar-refractivity contribution in [2.45, 2.75) is 68.0 Å². The van der Waals surface area contributed by atoms with E-state index in [2.05, 4.69) is 53.6 Å². The molecule has 0 amide bonds. The average Bonchev–Trinajstić information content (AvgIpc) is 3.80. The van der Waals surface area contributed by atoms with Crippen LogP contribution in [0.2, 0.25) is 5.02 Å². The van der Waals surface area contributed by atoms with Gasteiger partial charge in [-0.05, 0) is 91.8 Å². The normalized spacial score (nSPS) is 18.8.